The normalized spacial score (nSPS) is 17.1. The van der Waals surface area contributed by atoms with E-state index < -0.39 is 5.60 Å². The molecule has 7 nitrogen and oxygen atoms in total. The van der Waals surface area contributed by atoms with E-state index >= 15 is 0 Å². The molecule has 1 aliphatic heterocycles. The fourth-order valence-electron chi connectivity index (χ4n) is 3.60. The van der Waals surface area contributed by atoms with E-state index in [1.54, 1.807) is 12.4 Å². The summed E-state index contributed by atoms with van der Waals surface area (Å²) in [5, 5.41) is 23.1. The van der Waals surface area contributed by atoms with Gasteiger partial charge in [0.1, 0.15) is 0 Å². The summed E-state index contributed by atoms with van der Waals surface area (Å²) < 4.78 is 1.88. The standard InChI is InChI=1S/C20H24N6O/c27-20(18-7-4-11-21-15-18)9-13-25(14-10-20)16-19-22-23-24-26(19)12-8-17-5-2-1-3-6-17/h1-7,11,15,27H,8-10,12-14,16H2. The number of likely N-dealkylation sites (tertiary alicyclic amines) is 1. The Hall–Kier alpha value is -2.64. The van der Waals surface area contributed by atoms with Crippen LogP contribution in [0.1, 0.15) is 29.8 Å². The number of benzene rings is 1. The molecule has 140 valence electrons. The lowest BCUT2D eigenvalue weighted by Crippen LogP contribution is -2.42. The van der Waals surface area contributed by atoms with Gasteiger partial charge in [0.05, 0.1) is 12.1 Å². The number of piperidine rings is 1. The first-order valence-electron chi connectivity index (χ1n) is 9.37. The largest absolute Gasteiger partial charge is 0.385 e. The number of hydrogen-bond acceptors (Lipinski definition) is 6. The first-order valence-corrected chi connectivity index (χ1v) is 9.37. The van der Waals surface area contributed by atoms with Gasteiger partial charge in [0.15, 0.2) is 5.82 Å². The molecule has 0 atom stereocenters. The lowest BCUT2D eigenvalue weighted by Gasteiger charge is -2.38. The first kappa shape index (κ1) is 17.8. The van der Waals surface area contributed by atoms with Gasteiger partial charge in [-0.05, 0) is 41.3 Å². The summed E-state index contributed by atoms with van der Waals surface area (Å²) in [4.78, 5) is 6.44. The minimum atomic E-state index is -0.788. The number of aryl methyl sites for hydroxylation is 2. The van der Waals surface area contributed by atoms with Gasteiger partial charge in [0.25, 0.3) is 0 Å². The molecule has 0 spiro atoms. The smallest absolute Gasteiger partial charge is 0.165 e. The fourth-order valence-corrected chi connectivity index (χ4v) is 3.60. The van der Waals surface area contributed by atoms with Gasteiger partial charge in [0, 0.05) is 37.6 Å². The number of aliphatic hydroxyl groups is 1. The van der Waals surface area contributed by atoms with Crippen molar-refractivity contribution in [2.45, 2.75) is 38.0 Å². The van der Waals surface area contributed by atoms with Crippen LogP contribution in [0.5, 0.6) is 0 Å². The molecule has 7 heteroatoms. The highest BCUT2D eigenvalue weighted by molar-refractivity contribution is 5.19. The molecule has 4 rings (SSSR count). The Labute approximate surface area is 158 Å². The van der Waals surface area contributed by atoms with Crippen molar-refractivity contribution < 1.29 is 5.11 Å². The molecule has 0 saturated carbocycles. The van der Waals surface area contributed by atoms with Crippen LogP contribution in [0.25, 0.3) is 0 Å². The van der Waals surface area contributed by atoms with Gasteiger partial charge in [-0.2, -0.15) is 0 Å². The van der Waals surface area contributed by atoms with Crippen molar-refractivity contribution in [3.05, 3.63) is 71.8 Å². The molecule has 0 bridgehead atoms. The third-order valence-electron chi connectivity index (χ3n) is 5.31. The second-order valence-electron chi connectivity index (χ2n) is 7.10. The Kier molecular flexibility index (Phi) is 5.22. The van der Waals surface area contributed by atoms with E-state index in [2.05, 4.69) is 37.5 Å². The highest BCUT2D eigenvalue weighted by atomic mass is 16.3. The van der Waals surface area contributed by atoms with Gasteiger partial charge in [0.2, 0.25) is 0 Å². The molecule has 1 aliphatic rings. The Morgan fingerprint density at radius 1 is 1.04 bits per heavy atom. The fraction of sp³-hybridized carbons (Fsp3) is 0.400. The minimum absolute atomic E-state index is 0.685. The number of nitrogens with zero attached hydrogens (tertiary/aromatic N) is 6. The van der Waals surface area contributed by atoms with Crippen molar-refractivity contribution in [3.8, 4) is 0 Å². The molecule has 1 N–H and O–H groups in total. The monoisotopic (exact) mass is 364 g/mol. The summed E-state index contributed by atoms with van der Waals surface area (Å²) in [7, 11) is 0. The van der Waals surface area contributed by atoms with Gasteiger partial charge in [-0.1, -0.05) is 36.4 Å². The van der Waals surface area contributed by atoms with Crippen LogP contribution in [-0.4, -0.2) is 48.3 Å². The van der Waals surface area contributed by atoms with Crippen molar-refractivity contribution in [2.24, 2.45) is 0 Å². The van der Waals surface area contributed by atoms with Crippen LogP contribution in [0.15, 0.2) is 54.9 Å². The number of pyridine rings is 1. The summed E-state index contributed by atoms with van der Waals surface area (Å²) in [5.74, 6) is 0.873. The van der Waals surface area contributed by atoms with Crippen molar-refractivity contribution >= 4 is 0 Å². The summed E-state index contributed by atoms with van der Waals surface area (Å²) >= 11 is 0. The van der Waals surface area contributed by atoms with Crippen molar-refractivity contribution in [1.82, 2.24) is 30.1 Å². The number of aromatic nitrogens is 5. The molecule has 3 aromatic rings. The van der Waals surface area contributed by atoms with E-state index in [4.69, 9.17) is 0 Å². The first-order chi connectivity index (χ1) is 13.2. The summed E-state index contributed by atoms with van der Waals surface area (Å²) in [5.41, 5.74) is 1.39. The molecule has 3 heterocycles. The highest BCUT2D eigenvalue weighted by Gasteiger charge is 2.34. The quantitative estimate of drug-likeness (QED) is 0.718. The van der Waals surface area contributed by atoms with E-state index in [9.17, 15) is 5.11 Å². The number of rotatable bonds is 6. The van der Waals surface area contributed by atoms with Crippen molar-refractivity contribution in [2.75, 3.05) is 13.1 Å². The van der Waals surface area contributed by atoms with Crippen LogP contribution in [-0.2, 0) is 25.1 Å². The van der Waals surface area contributed by atoms with Crippen LogP contribution in [0, 0.1) is 0 Å². The number of hydrogen-bond donors (Lipinski definition) is 1. The molecule has 0 unspecified atom stereocenters. The molecular weight excluding hydrogens is 340 g/mol. The van der Waals surface area contributed by atoms with E-state index in [0.29, 0.717) is 19.4 Å². The van der Waals surface area contributed by atoms with Crippen molar-refractivity contribution in [3.63, 3.8) is 0 Å². The molecule has 2 aromatic heterocycles. The zero-order valence-electron chi connectivity index (χ0n) is 15.3. The summed E-state index contributed by atoms with van der Waals surface area (Å²) in [6.07, 6.45) is 5.77. The lowest BCUT2D eigenvalue weighted by molar-refractivity contribution is -0.0287. The predicted octanol–water partition coefficient (Wildman–Crippen LogP) is 1.79. The average molecular weight is 364 g/mol. The van der Waals surface area contributed by atoms with Crippen LogP contribution in [0.4, 0.5) is 0 Å². The van der Waals surface area contributed by atoms with Gasteiger partial charge in [-0.3, -0.25) is 9.88 Å². The lowest BCUT2D eigenvalue weighted by atomic mass is 9.85. The summed E-state index contributed by atoms with van der Waals surface area (Å²) in [6, 6.07) is 14.2. The maximum atomic E-state index is 10.9. The van der Waals surface area contributed by atoms with Gasteiger partial charge < -0.3 is 5.11 Å². The van der Waals surface area contributed by atoms with E-state index in [-0.39, 0.29) is 0 Å². The zero-order chi connectivity index (χ0) is 18.5. The molecular formula is C20H24N6O. The minimum Gasteiger partial charge on any atom is -0.385 e. The number of tetrazole rings is 1. The average Bonchev–Trinajstić information content (AvgIpc) is 3.17. The molecule has 0 aliphatic carbocycles. The second kappa shape index (κ2) is 7.94. The molecule has 0 amide bonds. The maximum absolute atomic E-state index is 10.9. The predicted molar refractivity (Wildman–Crippen MR) is 101 cm³/mol. The van der Waals surface area contributed by atoms with Crippen LogP contribution >= 0.6 is 0 Å². The molecule has 1 saturated heterocycles. The Bertz CT molecular complexity index is 843. The topological polar surface area (TPSA) is 80.0 Å². The summed E-state index contributed by atoms with van der Waals surface area (Å²) in [6.45, 7) is 3.07. The Morgan fingerprint density at radius 2 is 1.85 bits per heavy atom. The molecule has 27 heavy (non-hydrogen) atoms. The van der Waals surface area contributed by atoms with Crippen LogP contribution in [0.3, 0.4) is 0 Å². The maximum Gasteiger partial charge on any atom is 0.165 e. The molecule has 1 aromatic carbocycles. The van der Waals surface area contributed by atoms with E-state index in [0.717, 1.165) is 37.4 Å². The van der Waals surface area contributed by atoms with Crippen LogP contribution < -0.4 is 0 Å². The molecule has 0 radical (unpaired) electrons. The third-order valence-corrected chi connectivity index (χ3v) is 5.31. The van der Waals surface area contributed by atoms with E-state index in [1.807, 2.05) is 35.0 Å². The third kappa shape index (κ3) is 4.20. The van der Waals surface area contributed by atoms with Gasteiger partial charge in [-0.15, -0.1) is 5.10 Å². The van der Waals surface area contributed by atoms with Gasteiger partial charge >= 0.3 is 0 Å². The second-order valence-corrected chi connectivity index (χ2v) is 7.10. The van der Waals surface area contributed by atoms with Gasteiger partial charge in [-0.25, -0.2) is 4.68 Å². The van der Waals surface area contributed by atoms with Crippen molar-refractivity contribution in [1.29, 1.82) is 0 Å². The Balaban J connectivity index is 1.34. The van der Waals surface area contributed by atoms with Crippen LogP contribution in [0.2, 0.25) is 0 Å². The SMILES string of the molecule is OC1(c2cccnc2)CCN(Cc2nnnn2CCc2ccccc2)CC1. The van der Waals surface area contributed by atoms with E-state index in [1.165, 1.54) is 5.56 Å². The Morgan fingerprint density at radius 3 is 2.59 bits per heavy atom. The zero-order valence-corrected chi connectivity index (χ0v) is 15.3. The molecule has 1 fully saturated rings. The highest BCUT2D eigenvalue weighted by Crippen LogP contribution is 2.32.